The molecule has 0 saturated carbocycles. The summed E-state index contributed by atoms with van der Waals surface area (Å²) < 4.78 is 0. The SMILES string of the molecule is CC1CC(C)C(C)N(C(=O)N2CCN(CC(=O)O)CC2)C1. The highest BCUT2D eigenvalue weighted by atomic mass is 16.4. The van der Waals surface area contributed by atoms with Crippen LogP contribution in [0.25, 0.3) is 0 Å². The summed E-state index contributed by atoms with van der Waals surface area (Å²) in [5.41, 5.74) is 0. The van der Waals surface area contributed by atoms with Gasteiger partial charge in [-0.05, 0) is 25.2 Å². The summed E-state index contributed by atoms with van der Waals surface area (Å²) >= 11 is 0. The van der Waals surface area contributed by atoms with Crippen molar-refractivity contribution in [3.8, 4) is 0 Å². The molecule has 2 saturated heterocycles. The maximum Gasteiger partial charge on any atom is 0.320 e. The molecule has 2 heterocycles. The van der Waals surface area contributed by atoms with Crippen LogP contribution in [-0.4, -0.2) is 77.1 Å². The first-order valence-corrected chi connectivity index (χ1v) is 7.88. The molecule has 0 aromatic rings. The van der Waals surface area contributed by atoms with Gasteiger partial charge in [0.25, 0.3) is 0 Å². The number of likely N-dealkylation sites (tertiary alicyclic amines) is 1. The Kier molecular flexibility index (Phi) is 5.08. The van der Waals surface area contributed by atoms with E-state index >= 15 is 0 Å². The van der Waals surface area contributed by atoms with Gasteiger partial charge in [-0.15, -0.1) is 0 Å². The van der Waals surface area contributed by atoms with Crippen molar-refractivity contribution in [3.05, 3.63) is 0 Å². The number of carboxylic acids is 1. The van der Waals surface area contributed by atoms with Gasteiger partial charge in [0.05, 0.1) is 6.54 Å². The lowest BCUT2D eigenvalue weighted by Crippen LogP contribution is -2.58. The van der Waals surface area contributed by atoms with Crippen molar-refractivity contribution in [2.45, 2.75) is 33.2 Å². The van der Waals surface area contributed by atoms with Crippen LogP contribution in [-0.2, 0) is 4.79 Å². The summed E-state index contributed by atoms with van der Waals surface area (Å²) in [4.78, 5) is 29.2. The quantitative estimate of drug-likeness (QED) is 0.831. The molecule has 0 spiro atoms. The number of carbonyl (C=O) groups excluding carboxylic acids is 1. The molecule has 0 radical (unpaired) electrons. The molecule has 3 unspecified atom stereocenters. The van der Waals surface area contributed by atoms with E-state index in [4.69, 9.17) is 5.11 Å². The molecule has 2 aliphatic rings. The Labute approximate surface area is 126 Å². The van der Waals surface area contributed by atoms with Crippen LogP contribution in [0.2, 0.25) is 0 Å². The standard InChI is InChI=1S/C15H27N3O3/c1-11-8-12(2)13(3)18(9-11)15(21)17-6-4-16(5-7-17)10-14(19)20/h11-13H,4-10H2,1-3H3,(H,19,20). The van der Waals surface area contributed by atoms with Crippen LogP contribution in [0.1, 0.15) is 27.2 Å². The van der Waals surface area contributed by atoms with Crippen LogP contribution in [0, 0.1) is 11.8 Å². The predicted octanol–water partition coefficient (Wildman–Crippen LogP) is 1.17. The largest absolute Gasteiger partial charge is 0.480 e. The van der Waals surface area contributed by atoms with E-state index in [1.54, 1.807) is 0 Å². The molecule has 2 amide bonds. The molecule has 0 aliphatic carbocycles. The molecule has 2 fully saturated rings. The number of rotatable bonds is 2. The molecular weight excluding hydrogens is 270 g/mol. The summed E-state index contributed by atoms with van der Waals surface area (Å²) in [6.45, 7) is 9.98. The second-order valence-corrected chi connectivity index (χ2v) is 6.65. The lowest BCUT2D eigenvalue weighted by Gasteiger charge is -2.44. The zero-order valence-corrected chi connectivity index (χ0v) is 13.3. The Hall–Kier alpha value is -1.30. The summed E-state index contributed by atoms with van der Waals surface area (Å²) in [6.07, 6.45) is 1.18. The highest BCUT2D eigenvalue weighted by Gasteiger charge is 2.35. The number of carbonyl (C=O) groups is 2. The van der Waals surface area contributed by atoms with Gasteiger partial charge in [0.1, 0.15) is 0 Å². The third-order valence-corrected chi connectivity index (χ3v) is 4.85. The number of urea groups is 1. The maximum atomic E-state index is 12.7. The number of hydrogen-bond donors (Lipinski definition) is 1. The lowest BCUT2D eigenvalue weighted by molar-refractivity contribution is -0.138. The fourth-order valence-electron chi connectivity index (χ4n) is 3.44. The molecule has 2 aliphatic heterocycles. The average molecular weight is 297 g/mol. The van der Waals surface area contributed by atoms with Crippen LogP contribution in [0.5, 0.6) is 0 Å². The van der Waals surface area contributed by atoms with Gasteiger partial charge in [-0.3, -0.25) is 9.69 Å². The van der Waals surface area contributed by atoms with Gasteiger partial charge in [-0.1, -0.05) is 13.8 Å². The topological polar surface area (TPSA) is 64.1 Å². The number of aliphatic carboxylic acids is 1. The van der Waals surface area contributed by atoms with E-state index in [2.05, 4.69) is 20.8 Å². The zero-order chi connectivity index (χ0) is 15.6. The highest BCUT2D eigenvalue weighted by molar-refractivity contribution is 5.75. The zero-order valence-electron chi connectivity index (χ0n) is 13.3. The van der Waals surface area contributed by atoms with Crippen molar-refractivity contribution in [3.63, 3.8) is 0 Å². The van der Waals surface area contributed by atoms with E-state index in [9.17, 15) is 9.59 Å². The summed E-state index contributed by atoms with van der Waals surface area (Å²) in [5, 5.41) is 8.81. The van der Waals surface area contributed by atoms with Crippen LogP contribution in [0.15, 0.2) is 0 Å². The van der Waals surface area contributed by atoms with E-state index in [0.29, 0.717) is 38.0 Å². The summed E-state index contributed by atoms with van der Waals surface area (Å²) in [5.74, 6) is 0.279. The van der Waals surface area contributed by atoms with Gasteiger partial charge < -0.3 is 14.9 Å². The molecule has 3 atom stereocenters. The highest BCUT2D eigenvalue weighted by Crippen LogP contribution is 2.27. The number of amides is 2. The average Bonchev–Trinajstić information content (AvgIpc) is 2.42. The molecule has 0 aromatic heterocycles. The smallest absolute Gasteiger partial charge is 0.320 e. The fraction of sp³-hybridized carbons (Fsp3) is 0.867. The van der Waals surface area contributed by atoms with Gasteiger partial charge >= 0.3 is 12.0 Å². The van der Waals surface area contributed by atoms with Gasteiger partial charge in [0, 0.05) is 38.8 Å². The van der Waals surface area contributed by atoms with Crippen LogP contribution >= 0.6 is 0 Å². The van der Waals surface area contributed by atoms with Gasteiger partial charge in [-0.25, -0.2) is 4.79 Å². The van der Waals surface area contributed by atoms with Crippen molar-refractivity contribution in [2.24, 2.45) is 11.8 Å². The second kappa shape index (κ2) is 6.64. The Morgan fingerprint density at radius 3 is 2.29 bits per heavy atom. The number of hydrogen-bond acceptors (Lipinski definition) is 3. The minimum atomic E-state index is -0.804. The van der Waals surface area contributed by atoms with Crippen molar-refractivity contribution in [1.82, 2.24) is 14.7 Å². The van der Waals surface area contributed by atoms with Gasteiger partial charge in [0.2, 0.25) is 0 Å². The van der Waals surface area contributed by atoms with Crippen LogP contribution in [0.3, 0.4) is 0 Å². The molecular formula is C15H27N3O3. The van der Waals surface area contributed by atoms with E-state index in [1.807, 2.05) is 14.7 Å². The molecule has 2 rings (SSSR count). The van der Waals surface area contributed by atoms with Crippen LogP contribution in [0.4, 0.5) is 4.79 Å². The fourth-order valence-corrected chi connectivity index (χ4v) is 3.44. The number of carboxylic acid groups (broad SMARTS) is 1. The van der Waals surface area contributed by atoms with E-state index < -0.39 is 5.97 Å². The van der Waals surface area contributed by atoms with Crippen molar-refractivity contribution in [1.29, 1.82) is 0 Å². The first-order valence-electron chi connectivity index (χ1n) is 7.88. The van der Waals surface area contributed by atoms with E-state index in [-0.39, 0.29) is 18.6 Å². The second-order valence-electron chi connectivity index (χ2n) is 6.65. The third kappa shape index (κ3) is 3.87. The van der Waals surface area contributed by atoms with Crippen LogP contribution < -0.4 is 0 Å². The monoisotopic (exact) mass is 297 g/mol. The Bertz CT molecular complexity index is 394. The molecule has 0 bridgehead atoms. The van der Waals surface area contributed by atoms with Gasteiger partial charge in [-0.2, -0.15) is 0 Å². The number of piperidine rings is 1. The first-order chi connectivity index (χ1) is 9.88. The lowest BCUT2D eigenvalue weighted by atomic mass is 9.86. The van der Waals surface area contributed by atoms with E-state index in [0.717, 1.165) is 6.54 Å². The first kappa shape index (κ1) is 16.1. The van der Waals surface area contributed by atoms with Gasteiger partial charge in [0.15, 0.2) is 0 Å². The predicted molar refractivity (Wildman–Crippen MR) is 80.2 cm³/mol. The third-order valence-electron chi connectivity index (χ3n) is 4.85. The molecule has 120 valence electrons. The minimum Gasteiger partial charge on any atom is -0.480 e. The number of nitrogens with zero attached hydrogens (tertiary/aromatic N) is 3. The molecule has 21 heavy (non-hydrogen) atoms. The molecule has 1 N–H and O–H groups in total. The summed E-state index contributed by atoms with van der Waals surface area (Å²) in [7, 11) is 0. The summed E-state index contributed by atoms with van der Waals surface area (Å²) in [6, 6.07) is 0.404. The van der Waals surface area contributed by atoms with Crippen molar-refractivity contribution in [2.75, 3.05) is 39.3 Å². The molecule has 6 nitrogen and oxygen atoms in total. The van der Waals surface area contributed by atoms with Crippen molar-refractivity contribution < 1.29 is 14.7 Å². The van der Waals surface area contributed by atoms with E-state index in [1.165, 1.54) is 6.42 Å². The number of piperazine rings is 1. The Morgan fingerprint density at radius 1 is 1.10 bits per heavy atom. The maximum absolute atomic E-state index is 12.7. The Morgan fingerprint density at radius 2 is 1.71 bits per heavy atom. The minimum absolute atomic E-state index is 0.0657. The molecule has 0 aromatic carbocycles. The van der Waals surface area contributed by atoms with Crippen molar-refractivity contribution >= 4 is 12.0 Å². The normalized spacial score (nSPS) is 31.3. The molecule has 6 heteroatoms. The Balaban J connectivity index is 1.90.